The number of amides is 1. The summed E-state index contributed by atoms with van der Waals surface area (Å²) in [7, 11) is 0. The maximum atomic E-state index is 12.7. The van der Waals surface area contributed by atoms with Gasteiger partial charge in [-0.25, -0.2) is 0 Å². The van der Waals surface area contributed by atoms with Crippen LogP contribution in [0, 0.1) is 5.92 Å². The van der Waals surface area contributed by atoms with Crippen LogP contribution in [0.25, 0.3) is 0 Å². The Morgan fingerprint density at radius 2 is 1.65 bits per heavy atom. The van der Waals surface area contributed by atoms with E-state index >= 15 is 0 Å². The molecule has 0 aliphatic carbocycles. The summed E-state index contributed by atoms with van der Waals surface area (Å²) in [5.74, 6) is 1.95. The molecule has 2 unspecified atom stereocenters. The zero-order valence-electron chi connectivity index (χ0n) is 18.7. The van der Waals surface area contributed by atoms with Gasteiger partial charge in [-0.15, -0.1) is 0 Å². The summed E-state index contributed by atoms with van der Waals surface area (Å²) in [4.78, 5) is 29.6. The monoisotopic (exact) mass is 430 g/mol. The molecule has 3 aliphatic rings. The average Bonchev–Trinajstić information content (AvgIpc) is 2.76. The fourth-order valence-electron chi connectivity index (χ4n) is 4.90. The lowest BCUT2D eigenvalue weighted by Gasteiger charge is -2.39. The number of carbonyl (C=O) groups is 2. The van der Waals surface area contributed by atoms with E-state index in [9.17, 15) is 9.59 Å². The smallest absolute Gasteiger partial charge is 0.223 e. The minimum absolute atomic E-state index is 0.0317. The van der Waals surface area contributed by atoms with Gasteiger partial charge < -0.3 is 19.1 Å². The van der Waals surface area contributed by atoms with Crippen LogP contribution in [-0.4, -0.2) is 79.6 Å². The van der Waals surface area contributed by atoms with Crippen molar-refractivity contribution in [3.8, 4) is 11.5 Å². The van der Waals surface area contributed by atoms with E-state index in [1.165, 1.54) is 0 Å². The fraction of sp³-hybridized carbons (Fsp3) is 0.667. The van der Waals surface area contributed by atoms with Crippen LogP contribution in [0.3, 0.4) is 0 Å². The number of nitrogens with zero attached hydrogens (tertiary/aromatic N) is 2. The van der Waals surface area contributed by atoms with Gasteiger partial charge in [-0.2, -0.15) is 0 Å². The van der Waals surface area contributed by atoms with Gasteiger partial charge in [-0.05, 0) is 50.8 Å². The second-order valence-electron chi connectivity index (χ2n) is 9.08. The number of carbonyl (C=O) groups excluding carboxylic acids is 2. The molecule has 0 saturated carbocycles. The summed E-state index contributed by atoms with van der Waals surface area (Å²) in [5.41, 5.74) is 0.574. The van der Waals surface area contributed by atoms with E-state index < -0.39 is 0 Å². The van der Waals surface area contributed by atoms with E-state index in [0.29, 0.717) is 36.2 Å². The predicted octanol–water partition coefficient (Wildman–Crippen LogP) is 2.77. The van der Waals surface area contributed by atoms with Gasteiger partial charge in [0, 0.05) is 51.1 Å². The molecular weight excluding hydrogens is 396 g/mol. The van der Waals surface area contributed by atoms with Crippen LogP contribution in [0.1, 0.15) is 49.9 Å². The SMILES string of the molecule is CC1CN(CC2CCN(C(=O)CCC(=O)c3ccc4c(c3)OCCO4)CC2)CC(C)O1. The topological polar surface area (TPSA) is 68.3 Å². The summed E-state index contributed by atoms with van der Waals surface area (Å²) in [5, 5.41) is 0. The van der Waals surface area contributed by atoms with Crippen molar-refractivity contribution >= 4 is 11.7 Å². The van der Waals surface area contributed by atoms with Crippen molar-refractivity contribution in [2.24, 2.45) is 5.92 Å². The highest BCUT2D eigenvalue weighted by molar-refractivity contribution is 5.98. The molecule has 0 spiro atoms. The van der Waals surface area contributed by atoms with Crippen molar-refractivity contribution in [2.75, 3.05) is 45.9 Å². The molecule has 0 radical (unpaired) electrons. The molecular formula is C24H34N2O5. The van der Waals surface area contributed by atoms with Crippen LogP contribution in [0.2, 0.25) is 0 Å². The van der Waals surface area contributed by atoms with Gasteiger partial charge in [0.05, 0.1) is 12.2 Å². The molecule has 1 aromatic rings. The van der Waals surface area contributed by atoms with E-state index in [1.807, 2.05) is 4.90 Å². The Bertz CT molecular complexity index is 780. The second-order valence-corrected chi connectivity index (χ2v) is 9.08. The Morgan fingerprint density at radius 3 is 2.35 bits per heavy atom. The molecule has 0 aromatic heterocycles. The number of piperidine rings is 1. The highest BCUT2D eigenvalue weighted by Gasteiger charge is 2.28. The van der Waals surface area contributed by atoms with E-state index in [4.69, 9.17) is 14.2 Å². The van der Waals surface area contributed by atoms with Crippen LogP contribution in [-0.2, 0) is 9.53 Å². The molecule has 3 aliphatic heterocycles. The number of likely N-dealkylation sites (tertiary alicyclic amines) is 1. The van der Waals surface area contributed by atoms with Crippen molar-refractivity contribution in [1.29, 1.82) is 0 Å². The zero-order chi connectivity index (χ0) is 21.8. The van der Waals surface area contributed by atoms with Crippen LogP contribution >= 0.6 is 0 Å². The quantitative estimate of drug-likeness (QED) is 0.647. The van der Waals surface area contributed by atoms with Gasteiger partial charge in [-0.1, -0.05) is 0 Å². The lowest BCUT2D eigenvalue weighted by Crippen LogP contribution is -2.48. The van der Waals surface area contributed by atoms with Crippen LogP contribution < -0.4 is 9.47 Å². The van der Waals surface area contributed by atoms with Gasteiger partial charge in [0.2, 0.25) is 5.91 Å². The first-order valence-corrected chi connectivity index (χ1v) is 11.6. The number of ether oxygens (including phenoxy) is 3. The Labute approximate surface area is 184 Å². The summed E-state index contributed by atoms with van der Waals surface area (Å²) < 4.78 is 16.9. The molecule has 3 heterocycles. The molecule has 7 nitrogen and oxygen atoms in total. The average molecular weight is 431 g/mol. The number of hydrogen-bond acceptors (Lipinski definition) is 6. The van der Waals surface area contributed by atoms with Crippen LogP contribution in [0.15, 0.2) is 18.2 Å². The summed E-state index contributed by atoms with van der Waals surface area (Å²) in [6.07, 6.45) is 3.12. The molecule has 7 heteroatoms. The number of benzene rings is 1. The van der Waals surface area contributed by atoms with E-state index in [-0.39, 0.29) is 36.7 Å². The molecule has 2 atom stereocenters. The van der Waals surface area contributed by atoms with E-state index in [0.717, 1.165) is 45.6 Å². The highest BCUT2D eigenvalue weighted by Crippen LogP contribution is 2.31. The maximum Gasteiger partial charge on any atom is 0.223 e. The van der Waals surface area contributed by atoms with Crippen LogP contribution in [0.4, 0.5) is 0 Å². The van der Waals surface area contributed by atoms with Crippen LogP contribution in [0.5, 0.6) is 11.5 Å². The molecule has 31 heavy (non-hydrogen) atoms. The molecule has 1 amide bonds. The van der Waals surface area contributed by atoms with Crippen molar-refractivity contribution in [3.63, 3.8) is 0 Å². The first-order chi connectivity index (χ1) is 15.0. The number of morpholine rings is 1. The molecule has 4 rings (SSSR count). The number of rotatable bonds is 6. The molecule has 2 saturated heterocycles. The Kier molecular flexibility index (Phi) is 7.13. The molecule has 1 aromatic carbocycles. The number of fused-ring (bicyclic) bond motifs is 1. The Hall–Kier alpha value is -2.12. The third kappa shape index (κ3) is 5.77. The maximum absolute atomic E-state index is 12.7. The Balaban J connectivity index is 1.20. The molecule has 2 fully saturated rings. The minimum atomic E-state index is -0.0317. The van der Waals surface area contributed by atoms with E-state index in [1.54, 1.807) is 18.2 Å². The van der Waals surface area contributed by atoms with Gasteiger partial charge in [-0.3, -0.25) is 14.5 Å². The number of Topliss-reactive ketones (excluding diaryl/α,β-unsaturated/α-hetero) is 1. The summed E-state index contributed by atoms with van der Waals surface area (Å²) in [6.45, 7) is 9.93. The third-order valence-electron chi connectivity index (χ3n) is 6.41. The van der Waals surface area contributed by atoms with Gasteiger partial charge in [0.25, 0.3) is 0 Å². The summed E-state index contributed by atoms with van der Waals surface area (Å²) >= 11 is 0. The fourth-order valence-corrected chi connectivity index (χ4v) is 4.90. The number of hydrogen-bond donors (Lipinski definition) is 0. The normalized spacial score (nSPS) is 24.8. The van der Waals surface area contributed by atoms with Gasteiger partial charge in [0.15, 0.2) is 17.3 Å². The minimum Gasteiger partial charge on any atom is -0.486 e. The first-order valence-electron chi connectivity index (χ1n) is 11.6. The lowest BCUT2D eigenvalue weighted by atomic mass is 9.95. The van der Waals surface area contributed by atoms with Gasteiger partial charge in [0.1, 0.15) is 13.2 Å². The zero-order valence-corrected chi connectivity index (χ0v) is 18.7. The summed E-state index contributed by atoms with van der Waals surface area (Å²) in [6, 6.07) is 5.24. The standard InChI is InChI=1S/C24H34N2O5/c1-17-14-25(15-18(2)31-17)16-19-7-9-26(10-8-19)24(28)6-4-21(27)20-3-5-22-23(13-20)30-12-11-29-22/h3,5,13,17-19H,4,6-12,14-16H2,1-2H3. The van der Waals surface area contributed by atoms with Crippen molar-refractivity contribution < 1.29 is 23.8 Å². The predicted molar refractivity (Wildman–Crippen MR) is 117 cm³/mol. The Morgan fingerprint density at radius 1 is 0.968 bits per heavy atom. The molecule has 170 valence electrons. The molecule has 0 N–H and O–H groups in total. The van der Waals surface area contributed by atoms with E-state index in [2.05, 4.69) is 18.7 Å². The van der Waals surface area contributed by atoms with Crippen molar-refractivity contribution in [2.45, 2.75) is 51.7 Å². The van der Waals surface area contributed by atoms with Gasteiger partial charge >= 0.3 is 0 Å². The molecule has 0 bridgehead atoms. The number of ketones is 1. The highest BCUT2D eigenvalue weighted by atomic mass is 16.6. The van der Waals surface area contributed by atoms with Crippen molar-refractivity contribution in [1.82, 2.24) is 9.80 Å². The third-order valence-corrected chi connectivity index (χ3v) is 6.41. The van der Waals surface area contributed by atoms with Crippen molar-refractivity contribution in [3.05, 3.63) is 23.8 Å². The largest absolute Gasteiger partial charge is 0.486 e. The first kappa shape index (κ1) is 22.1. The lowest BCUT2D eigenvalue weighted by molar-refractivity contribution is -0.132. The second kappa shape index (κ2) is 10.0.